The molecule has 7 nitrogen and oxygen atoms in total. The predicted molar refractivity (Wildman–Crippen MR) is 133 cm³/mol. The first-order valence-electron chi connectivity index (χ1n) is 10.4. The maximum absolute atomic E-state index is 6.38. The summed E-state index contributed by atoms with van der Waals surface area (Å²) in [5.41, 5.74) is 18.1. The molecule has 33 heavy (non-hydrogen) atoms. The van der Waals surface area contributed by atoms with Gasteiger partial charge in [0.15, 0.2) is 0 Å². The molecule has 0 amide bonds. The van der Waals surface area contributed by atoms with Gasteiger partial charge in [-0.2, -0.15) is 4.98 Å². The van der Waals surface area contributed by atoms with E-state index >= 15 is 0 Å². The lowest BCUT2D eigenvalue weighted by Gasteiger charge is -2.11. The second kappa shape index (κ2) is 8.47. The van der Waals surface area contributed by atoms with Crippen LogP contribution >= 0.6 is 0 Å². The number of ether oxygens (including phenoxy) is 1. The average Bonchev–Trinajstić information content (AvgIpc) is 2.84. The number of benzene rings is 3. The highest BCUT2D eigenvalue weighted by atomic mass is 16.5. The molecule has 7 heteroatoms. The normalized spacial score (nSPS) is 10.8. The standard InChI is InChI=1S/C26H22N6O/c1-33-19-10-7-17(8-11-19)24-15-25(32-26(28)31-24)29-18-9-12-22-20(13-18)21(27)14-23(30-22)16-5-3-2-4-6-16/h2-15H,1H3,(H2,27,30)(H3,28,29,31,32). The van der Waals surface area contributed by atoms with Crippen molar-refractivity contribution in [2.45, 2.75) is 0 Å². The van der Waals surface area contributed by atoms with Crippen molar-refractivity contribution in [2.75, 3.05) is 23.9 Å². The van der Waals surface area contributed by atoms with Crippen molar-refractivity contribution >= 4 is 34.0 Å². The first-order chi connectivity index (χ1) is 16.1. The topological polar surface area (TPSA) is 112 Å². The van der Waals surface area contributed by atoms with Gasteiger partial charge in [-0.3, -0.25) is 0 Å². The Kier molecular flexibility index (Phi) is 5.20. The minimum atomic E-state index is 0.181. The summed E-state index contributed by atoms with van der Waals surface area (Å²) in [5.74, 6) is 1.54. The van der Waals surface area contributed by atoms with Gasteiger partial charge in [0.1, 0.15) is 11.6 Å². The van der Waals surface area contributed by atoms with E-state index in [0.717, 1.165) is 39.2 Å². The second-order valence-electron chi connectivity index (χ2n) is 7.54. The largest absolute Gasteiger partial charge is 0.497 e. The van der Waals surface area contributed by atoms with Crippen LogP contribution in [0.3, 0.4) is 0 Å². The third kappa shape index (κ3) is 4.24. The molecular formula is C26H22N6O. The zero-order chi connectivity index (χ0) is 22.8. The molecule has 0 spiro atoms. The molecule has 5 rings (SSSR count). The van der Waals surface area contributed by atoms with E-state index in [9.17, 15) is 0 Å². The summed E-state index contributed by atoms with van der Waals surface area (Å²) in [7, 11) is 1.63. The zero-order valence-corrected chi connectivity index (χ0v) is 18.0. The molecule has 2 aromatic heterocycles. The van der Waals surface area contributed by atoms with E-state index in [1.165, 1.54) is 0 Å². The van der Waals surface area contributed by atoms with Crippen molar-refractivity contribution in [3.8, 4) is 28.3 Å². The van der Waals surface area contributed by atoms with Crippen molar-refractivity contribution in [3.05, 3.63) is 84.9 Å². The van der Waals surface area contributed by atoms with E-state index in [1.54, 1.807) is 7.11 Å². The van der Waals surface area contributed by atoms with E-state index < -0.39 is 0 Å². The van der Waals surface area contributed by atoms with E-state index in [1.807, 2.05) is 84.9 Å². The van der Waals surface area contributed by atoms with Gasteiger partial charge in [-0.25, -0.2) is 9.97 Å². The van der Waals surface area contributed by atoms with Gasteiger partial charge in [0.2, 0.25) is 5.95 Å². The molecule has 0 aliphatic rings. The van der Waals surface area contributed by atoms with Crippen molar-refractivity contribution < 1.29 is 4.74 Å². The van der Waals surface area contributed by atoms with Crippen LogP contribution in [0.2, 0.25) is 0 Å². The summed E-state index contributed by atoms with van der Waals surface area (Å²) < 4.78 is 5.22. The first-order valence-corrected chi connectivity index (χ1v) is 10.4. The third-order valence-electron chi connectivity index (χ3n) is 5.31. The van der Waals surface area contributed by atoms with Gasteiger partial charge in [-0.1, -0.05) is 30.3 Å². The van der Waals surface area contributed by atoms with Crippen LogP contribution in [-0.2, 0) is 0 Å². The molecule has 0 saturated heterocycles. The molecule has 2 heterocycles. The van der Waals surface area contributed by atoms with Crippen LogP contribution in [-0.4, -0.2) is 22.1 Å². The summed E-state index contributed by atoms with van der Waals surface area (Å²) in [5, 5.41) is 4.16. The van der Waals surface area contributed by atoms with Gasteiger partial charge in [0.05, 0.1) is 24.0 Å². The van der Waals surface area contributed by atoms with Gasteiger partial charge in [-0.15, -0.1) is 0 Å². The van der Waals surface area contributed by atoms with Gasteiger partial charge >= 0.3 is 0 Å². The van der Waals surface area contributed by atoms with Crippen LogP contribution in [0.5, 0.6) is 5.75 Å². The molecule has 0 fully saturated rings. The highest BCUT2D eigenvalue weighted by Crippen LogP contribution is 2.30. The number of nitrogen functional groups attached to an aromatic ring is 2. The van der Waals surface area contributed by atoms with Gasteiger partial charge in [0.25, 0.3) is 0 Å². The minimum Gasteiger partial charge on any atom is -0.497 e. The summed E-state index contributed by atoms with van der Waals surface area (Å²) in [6.45, 7) is 0. The molecule has 5 N–H and O–H groups in total. The van der Waals surface area contributed by atoms with E-state index in [-0.39, 0.29) is 5.95 Å². The molecule has 0 saturated carbocycles. The number of nitrogens with zero attached hydrogens (tertiary/aromatic N) is 3. The number of rotatable bonds is 5. The Labute approximate surface area is 191 Å². The van der Waals surface area contributed by atoms with Gasteiger partial charge < -0.3 is 21.5 Å². The number of anilines is 4. The van der Waals surface area contributed by atoms with E-state index in [4.69, 9.17) is 21.2 Å². The molecule has 0 unspecified atom stereocenters. The fraction of sp³-hybridized carbons (Fsp3) is 0.0385. The van der Waals surface area contributed by atoms with Gasteiger partial charge in [0, 0.05) is 34.0 Å². The van der Waals surface area contributed by atoms with Crippen molar-refractivity contribution in [1.82, 2.24) is 15.0 Å². The molecule has 0 bridgehead atoms. The summed E-state index contributed by atoms with van der Waals surface area (Å²) in [4.78, 5) is 13.5. The summed E-state index contributed by atoms with van der Waals surface area (Å²) in [6, 6.07) is 27.2. The minimum absolute atomic E-state index is 0.181. The lowest BCUT2D eigenvalue weighted by atomic mass is 10.1. The maximum Gasteiger partial charge on any atom is 0.222 e. The van der Waals surface area contributed by atoms with Crippen LogP contribution in [0.1, 0.15) is 0 Å². The van der Waals surface area contributed by atoms with Crippen molar-refractivity contribution in [1.29, 1.82) is 0 Å². The number of pyridine rings is 1. The highest BCUT2D eigenvalue weighted by Gasteiger charge is 2.09. The van der Waals surface area contributed by atoms with Crippen LogP contribution in [0.25, 0.3) is 33.4 Å². The molecule has 0 aliphatic carbocycles. The zero-order valence-electron chi connectivity index (χ0n) is 18.0. The molecular weight excluding hydrogens is 412 g/mol. The van der Waals surface area contributed by atoms with E-state index in [0.29, 0.717) is 17.2 Å². The van der Waals surface area contributed by atoms with Crippen LogP contribution in [0.4, 0.5) is 23.1 Å². The molecule has 0 radical (unpaired) electrons. The average molecular weight is 435 g/mol. The Hall–Kier alpha value is -4.65. The molecule has 3 aromatic carbocycles. The van der Waals surface area contributed by atoms with Gasteiger partial charge in [-0.05, 0) is 48.5 Å². The number of hydrogen-bond acceptors (Lipinski definition) is 7. The Bertz CT molecular complexity index is 1440. The highest BCUT2D eigenvalue weighted by molar-refractivity contribution is 5.95. The Morgan fingerprint density at radius 3 is 2.21 bits per heavy atom. The Morgan fingerprint density at radius 2 is 1.45 bits per heavy atom. The maximum atomic E-state index is 6.38. The number of nitrogens with one attached hydrogen (secondary N) is 1. The lowest BCUT2D eigenvalue weighted by Crippen LogP contribution is -2.02. The summed E-state index contributed by atoms with van der Waals surface area (Å²) >= 11 is 0. The van der Waals surface area contributed by atoms with Crippen LogP contribution in [0, 0.1) is 0 Å². The predicted octanol–water partition coefficient (Wildman–Crippen LogP) is 5.28. The quantitative estimate of drug-likeness (QED) is 0.345. The number of hydrogen-bond donors (Lipinski definition) is 3. The number of fused-ring (bicyclic) bond motifs is 1. The van der Waals surface area contributed by atoms with Crippen LogP contribution < -0.4 is 21.5 Å². The van der Waals surface area contributed by atoms with Crippen molar-refractivity contribution in [2.24, 2.45) is 0 Å². The van der Waals surface area contributed by atoms with Crippen molar-refractivity contribution in [3.63, 3.8) is 0 Å². The first kappa shape index (κ1) is 20.3. The lowest BCUT2D eigenvalue weighted by molar-refractivity contribution is 0.415. The monoisotopic (exact) mass is 434 g/mol. The number of nitrogens with two attached hydrogens (primary N) is 2. The molecule has 0 aliphatic heterocycles. The third-order valence-corrected chi connectivity index (χ3v) is 5.31. The molecule has 5 aromatic rings. The molecule has 162 valence electrons. The van der Waals surface area contributed by atoms with E-state index in [2.05, 4.69) is 15.3 Å². The number of aromatic nitrogens is 3. The fourth-order valence-corrected chi connectivity index (χ4v) is 3.67. The summed E-state index contributed by atoms with van der Waals surface area (Å²) in [6.07, 6.45) is 0. The number of methoxy groups -OCH3 is 1. The second-order valence-corrected chi connectivity index (χ2v) is 7.54. The van der Waals surface area contributed by atoms with Crippen LogP contribution in [0.15, 0.2) is 84.9 Å². The Morgan fingerprint density at radius 1 is 0.727 bits per heavy atom. The Balaban J connectivity index is 1.46. The molecule has 0 atom stereocenters. The SMILES string of the molecule is COc1ccc(-c2cc(Nc3ccc4nc(-c5ccccc5)cc(N)c4c3)nc(N)n2)cc1. The smallest absolute Gasteiger partial charge is 0.222 e. The fourth-order valence-electron chi connectivity index (χ4n) is 3.67.